The number of anilines is 1. The van der Waals surface area contributed by atoms with Crippen LogP contribution in [0, 0.1) is 0 Å². The van der Waals surface area contributed by atoms with Gasteiger partial charge in [-0.15, -0.1) is 11.3 Å². The number of halogens is 2. The minimum absolute atomic E-state index is 0.0676. The molecule has 0 aliphatic carbocycles. The summed E-state index contributed by atoms with van der Waals surface area (Å²) in [5.41, 5.74) is -0.164. The second kappa shape index (κ2) is 5.48. The van der Waals surface area contributed by atoms with Crippen LogP contribution in [0.25, 0.3) is 4.96 Å². The van der Waals surface area contributed by atoms with Gasteiger partial charge in [0.2, 0.25) is 0 Å². The molecule has 2 heterocycles. The number of nitrogens with one attached hydrogen (secondary N) is 1. The van der Waals surface area contributed by atoms with Crippen molar-refractivity contribution >= 4 is 51.1 Å². The summed E-state index contributed by atoms with van der Waals surface area (Å²) < 4.78 is 1.32. The molecule has 0 saturated carbocycles. The number of carbonyl (C=O) groups excluding carboxylic acids is 1. The lowest BCUT2D eigenvalue weighted by Crippen LogP contribution is -2.25. The third-order valence-corrected chi connectivity index (χ3v) is 4.10. The standard InChI is InChI=1S/C13H7Cl2N3O2S/c14-7-1-2-9(15)10(5-7)17-11(19)8-6-16-13-18(12(8)20)3-4-21-13/h1-6H,(H,17,19). The number of rotatable bonds is 2. The molecule has 3 rings (SSSR count). The van der Waals surface area contributed by atoms with Crippen LogP contribution in [-0.2, 0) is 0 Å². The van der Waals surface area contributed by atoms with E-state index in [4.69, 9.17) is 23.2 Å². The number of thiazole rings is 1. The number of nitrogens with zero attached hydrogens (tertiary/aromatic N) is 2. The third-order valence-electron chi connectivity index (χ3n) is 2.76. The van der Waals surface area contributed by atoms with E-state index in [0.29, 0.717) is 20.7 Å². The quantitative estimate of drug-likeness (QED) is 0.778. The van der Waals surface area contributed by atoms with E-state index in [1.807, 2.05) is 0 Å². The van der Waals surface area contributed by atoms with Crippen LogP contribution in [0.2, 0.25) is 10.0 Å². The Labute approximate surface area is 132 Å². The van der Waals surface area contributed by atoms with Gasteiger partial charge in [0, 0.05) is 22.8 Å². The number of benzene rings is 1. The van der Waals surface area contributed by atoms with Gasteiger partial charge in [0.15, 0.2) is 4.96 Å². The number of fused-ring (bicyclic) bond motifs is 1. The van der Waals surface area contributed by atoms with Crippen molar-refractivity contribution in [3.63, 3.8) is 0 Å². The molecule has 8 heteroatoms. The van der Waals surface area contributed by atoms with Crippen LogP contribution in [0.5, 0.6) is 0 Å². The maximum Gasteiger partial charge on any atom is 0.271 e. The first kappa shape index (κ1) is 14.1. The Morgan fingerprint density at radius 1 is 1.33 bits per heavy atom. The smallest absolute Gasteiger partial charge is 0.271 e. The monoisotopic (exact) mass is 339 g/mol. The van der Waals surface area contributed by atoms with Gasteiger partial charge >= 0.3 is 0 Å². The summed E-state index contributed by atoms with van der Waals surface area (Å²) in [7, 11) is 0. The molecule has 1 amide bonds. The summed E-state index contributed by atoms with van der Waals surface area (Å²) in [6.07, 6.45) is 2.82. The molecule has 0 unspecified atom stereocenters. The van der Waals surface area contributed by atoms with Gasteiger partial charge in [0.25, 0.3) is 11.5 Å². The SMILES string of the molecule is O=C(Nc1cc(Cl)ccc1Cl)c1cnc2sccn2c1=O. The minimum Gasteiger partial charge on any atom is -0.320 e. The predicted octanol–water partition coefficient (Wildman–Crippen LogP) is 3.32. The number of amides is 1. The van der Waals surface area contributed by atoms with Crippen LogP contribution in [0.1, 0.15) is 10.4 Å². The molecular formula is C13H7Cl2N3O2S. The zero-order chi connectivity index (χ0) is 15.0. The maximum absolute atomic E-state index is 12.2. The third kappa shape index (κ3) is 2.65. The normalized spacial score (nSPS) is 10.8. The van der Waals surface area contributed by atoms with Crippen molar-refractivity contribution in [1.82, 2.24) is 9.38 Å². The number of hydrogen-bond donors (Lipinski definition) is 1. The fourth-order valence-corrected chi connectivity index (χ4v) is 2.78. The van der Waals surface area contributed by atoms with Gasteiger partial charge in [0.05, 0.1) is 10.7 Å². The van der Waals surface area contributed by atoms with Gasteiger partial charge in [-0.1, -0.05) is 23.2 Å². The van der Waals surface area contributed by atoms with Crippen molar-refractivity contribution in [2.24, 2.45) is 0 Å². The van der Waals surface area contributed by atoms with Crippen molar-refractivity contribution in [3.8, 4) is 0 Å². The van der Waals surface area contributed by atoms with Crippen LogP contribution in [0.4, 0.5) is 5.69 Å². The Kier molecular flexibility index (Phi) is 3.67. The average molecular weight is 340 g/mol. The molecule has 0 radical (unpaired) electrons. The van der Waals surface area contributed by atoms with Gasteiger partial charge in [-0.25, -0.2) is 4.98 Å². The van der Waals surface area contributed by atoms with E-state index in [1.165, 1.54) is 28.0 Å². The lowest BCUT2D eigenvalue weighted by Gasteiger charge is -2.07. The topological polar surface area (TPSA) is 63.5 Å². The summed E-state index contributed by atoms with van der Waals surface area (Å²) in [6.45, 7) is 0. The van der Waals surface area contributed by atoms with Crippen molar-refractivity contribution in [2.75, 3.05) is 5.32 Å². The summed E-state index contributed by atoms with van der Waals surface area (Å²) >= 11 is 13.1. The molecule has 0 saturated heterocycles. The van der Waals surface area contributed by atoms with Crippen molar-refractivity contribution in [2.45, 2.75) is 0 Å². The second-order valence-electron chi connectivity index (χ2n) is 4.11. The molecule has 3 aromatic rings. The Morgan fingerprint density at radius 3 is 2.95 bits per heavy atom. The molecule has 0 aliphatic rings. The van der Waals surface area contributed by atoms with Crippen LogP contribution < -0.4 is 10.9 Å². The number of hydrogen-bond acceptors (Lipinski definition) is 4. The molecule has 5 nitrogen and oxygen atoms in total. The molecule has 0 aliphatic heterocycles. The summed E-state index contributed by atoms with van der Waals surface area (Å²) in [5.74, 6) is -0.586. The van der Waals surface area contributed by atoms with Crippen LogP contribution in [-0.4, -0.2) is 15.3 Å². The number of carbonyl (C=O) groups is 1. The van der Waals surface area contributed by atoms with Crippen molar-refractivity contribution in [1.29, 1.82) is 0 Å². The molecule has 0 spiro atoms. The summed E-state index contributed by atoms with van der Waals surface area (Å²) in [5, 5.41) is 5.04. The molecular weight excluding hydrogens is 333 g/mol. The number of aromatic nitrogens is 2. The van der Waals surface area contributed by atoms with E-state index in [-0.39, 0.29) is 5.56 Å². The Morgan fingerprint density at radius 2 is 2.14 bits per heavy atom. The van der Waals surface area contributed by atoms with Gasteiger partial charge in [-0.3, -0.25) is 14.0 Å². The van der Waals surface area contributed by atoms with E-state index >= 15 is 0 Å². The summed E-state index contributed by atoms with van der Waals surface area (Å²) in [4.78, 5) is 29.0. The van der Waals surface area contributed by atoms with Gasteiger partial charge in [-0.2, -0.15) is 0 Å². The van der Waals surface area contributed by atoms with E-state index < -0.39 is 11.5 Å². The predicted molar refractivity (Wildman–Crippen MR) is 83.8 cm³/mol. The van der Waals surface area contributed by atoms with Crippen molar-refractivity contribution < 1.29 is 4.79 Å². The Bertz CT molecular complexity index is 904. The first-order valence-electron chi connectivity index (χ1n) is 5.77. The zero-order valence-electron chi connectivity index (χ0n) is 10.3. The van der Waals surface area contributed by atoms with E-state index in [0.717, 1.165) is 0 Å². The van der Waals surface area contributed by atoms with Crippen LogP contribution in [0.3, 0.4) is 0 Å². The van der Waals surface area contributed by atoms with Crippen LogP contribution in [0.15, 0.2) is 40.8 Å². The molecule has 1 aromatic carbocycles. The molecule has 106 valence electrons. The highest BCUT2D eigenvalue weighted by atomic mass is 35.5. The summed E-state index contributed by atoms with van der Waals surface area (Å²) in [6, 6.07) is 4.68. The molecule has 0 atom stereocenters. The average Bonchev–Trinajstić information content (AvgIpc) is 2.92. The first-order chi connectivity index (χ1) is 10.1. The highest BCUT2D eigenvalue weighted by molar-refractivity contribution is 7.15. The zero-order valence-corrected chi connectivity index (χ0v) is 12.7. The fraction of sp³-hybridized carbons (Fsp3) is 0. The minimum atomic E-state index is -0.586. The molecule has 1 N–H and O–H groups in total. The van der Waals surface area contributed by atoms with Gasteiger partial charge < -0.3 is 5.32 Å². The lowest BCUT2D eigenvalue weighted by molar-refractivity contribution is 0.102. The molecule has 0 fully saturated rings. The molecule has 0 bridgehead atoms. The van der Waals surface area contributed by atoms with Gasteiger partial charge in [0.1, 0.15) is 5.56 Å². The fourth-order valence-electron chi connectivity index (χ4n) is 1.76. The van der Waals surface area contributed by atoms with Gasteiger partial charge in [-0.05, 0) is 18.2 Å². The van der Waals surface area contributed by atoms with E-state index in [9.17, 15) is 9.59 Å². The molecule has 21 heavy (non-hydrogen) atoms. The van der Waals surface area contributed by atoms with E-state index in [2.05, 4.69) is 10.3 Å². The van der Waals surface area contributed by atoms with Crippen molar-refractivity contribution in [3.05, 3.63) is 61.9 Å². The molecule has 2 aromatic heterocycles. The van der Waals surface area contributed by atoms with Crippen LogP contribution >= 0.6 is 34.5 Å². The Hall–Kier alpha value is -1.89. The second-order valence-corrected chi connectivity index (χ2v) is 5.83. The highest BCUT2D eigenvalue weighted by Crippen LogP contribution is 2.25. The largest absolute Gasteiger partial charge is 0.320 e. The van der Waals surface area contributed by atoms with E-state index in [1.54, 1.807) is 23.7 Å². The first-order valence-corrected chi connectivity index (χ1v) is 7.41. The maximum atomic E-state index is 12.2. The Balaban J connectivity index is 1.99. The highest BCUT2D eigenvalue weighted by Gasteiger charge is 2.15. The lowest BCUT2D eigenvalue weighted by atomic mass is 10.2.